The summed E-state index contributed by atoms with van der Waals surface area (Å²) in [4.78, 5) is 16.5. The fraction of sp³-hybridized carbons (Fsp3) is 0.286. The molecule has 31 heavy (non-hydrogen) atoms. The van der Waals surface area contributed by atoms with E-state index in [0.29, 0.717) is 24.3 Å². The molecule has 0 aromatic carbocycles. The predicted octanol–water partition coefficient (Wildman–Crippen LogP) is 3.18. The number of rotatable bonds is 6. The predicted molar refractivity (Wildman–Crippen MR) is 113 cm³/mol. The van der Waals surface area contributed by atoms with Crippen molar-refractivity contribution in [3.05, 3.63) is 60.1 Å². The van der Waals surface area contributed by atoms with Crippen LogP contribution in [-0.2, 0) is 14.8 Å². The van der Waals surface area contributed by atoms with Crippen LogP contribution in [0.5, 0.6) is 0 Å². The van der Waals surface area contributed by atoms with E-state index >= 15 is 0 Å². The van der Waals surface area contributed by atoms with Gasteiger partial charge in [0.2, 0.25) is 15.9 Å². The fourth-order valence-corrected chi connectivity index (χ4v) is 5.23. The van der Waals surface area contributed by atoms with Crippen LogP contribution in [0, 0.1) is 12.8 Å². The van der Waals surface area contributed by atoms with Crippen LogP contribution in [0.3, 0.4) is 0 Å². The maximum absolute atomic E-state index is 13.3. The molecule has 162 valence electrons. The average molecular weight is 442 g/mol. The van der Waals surface area contributed by atoms with Crippen molar-refractivity contribution in [3.8, 4) is 0 Å². The zero-order valence-corrected chi connectivity index (χ0v) is 17.7. The van der Waals surface area contributed by atoms with Crippen molar-refractivity contribution in [2.24, 2.45) is 5.92 Å². The molecule has 0 bridgehead atoms. The molecular weight excluding hydrogens is 420 g/mol. The summed E-state index contributed by atoms with van der Waals surface area (Å²) < 4.78 is 38.4. The maximum Gasteiger partial charge on any atom is 0.248 e. The summed E-state index contributed by atoms with van der Waals surface area (Å²) >= 11 is 0. The van der Waals surface area contributed by atoms with Gasteiger partial charge in [0.15, 0.2) is 10.7 Å². The molecule has 10 heteroatoms. The van der Waals surface area contributed by atoms with Crippen molar-refractivity contribution < 1.29 is 22.2 Å². The number of nitrogens with one attached hydrogen (secondary N) is 1. The Hall–Kier alpha value is -3.24. The van der Waals surface area contributed by atoms with Crippen molar-refractivity contribution in [3.63, 3.8) is 0 Å². The van der Waals surface area contributed by atoms with Gasteiger partial charge in [-0.2, -0.15) is 4.31 Å². The van der Waals surface area contributed by atoms with E-state index in [-0.39, 0.29) is 41.3 Å². The first kappa shape index (κ1) is 21.0. The van der Waals surface area contributed by atoms with E-state index in [1.165, 1.54) is 16.6 Å². The summed E-state index contributed by atoms with van der Waals surface area (Å²) in [6.07, 6.45) is 8.72. The Bertz CT molecular complexity index is 1160. The Kier molecular flexibility index (Phi) is 6.01. The zero-order valence-electron chi connectivity index (χ0n) is 16.9. The molecule has 0 spiro atoms. The molecular formula is C21H22N4O5S. The van der Waals surface area contributed by atoms with Gasteiger partial charge in [-0.05, 0) is 56.2 Å². The molecule has 4 heterocycles. The molecule has 1 fully saturated rings. The Morgan fingerprint density at radius 3 is 2.71 bits per heavy atom. The van der Waals surface area contributed by atoms with E-state index in [0.717, 1.165) is 0 Å². The molecule has 3 aromatic heterocycles. The van der Waals surface area contributed by atoms with E-state index in [1.807, 2.05) is 0 Å². The van der Waals surface area contributed by atoms with Gasteiger partial charge in [-0.25, -0.2) is 8.42 Å². The average Bonchev–Trinajstić information content (AvgIpc) is 3.42. The van der Waals surface area contributed by atoms with Crippen LogP contribution in [0.4, 0.5) is 5.69 Å². The number of aromatic nitrogens is 2. The fourth-order valence-electron chi connectivity index (χ4n) is 3.51. The molecule has 1 saturated heterocycles. The van der Waals surface area contributed by atoms with Gasteiger partial charge < -0.3 is 14.3 Å². The number of hydrogen-bond donors (Lipinski definition) is 1. The second-order valence-corrected chi connectivity index (χ2v) is 9.09. The smallest absolute Gasteiger partial charge is 0.248 e. The molecule has 0 atom stereocenters. The Labute approximate surface area is 179 Å². The van der Waals surface area contributed by atoms with Crippen LogP contribution in [0.25, 0.3) is 12.2 Å². The van der Waals surface area contributed by atoms with Crippen molar-refractivity contribution in [2.75, 3.05) is 18.4 Å². The first-order chi connectivity index (χ1) is 14.9. The summed E-state index contributed by atoms with van der Waals surface area (Å²) in [5, 5.41) is 6.66. The minimum Gasteiger partial charge on any atom is -0.465 e. The van der Waals surface area contributed by atoms with E-state index < -0.39 is 10.0 Å². The molecule has 1 N–H and O–H groups in total. The van der Waals surface area contributed by atoms with Gasteiger partial charge in [-0.3, -0.25) is 9.78 Å². The summed E-state index contributed by atoms with van der Waals surface area (Å²) in [5.74, 6) is 0.310. The van der Waals surface area contributed by atoms with Gasteiger partial charge in [0.1, 0.15) is 11.5 Å². The number of hydrogen-bond acceptors (Lipinski definition) is 7. The molecule has 4 rings (SSSR count). The van der Waals surface area contributed by atoms with E-state index in [4.69, 9.17) is 8.94 Å². The molecule has 1 amide bonds. The Balaban J connectivity index is 1.45. The third kappa shape index (κ3) is 4.59. The first-order valence-electron chi connectivity index (χ1n) is 9.84. The second-order valence-electron chi connectivity index (χ2n) is 7.22. The lowest BCUT2D eigenvalue weighted by Crippen LogP contribution is -2.41. The van der Waals surface area contributed by atoms with Gasteiger partial charge in [0, 0.05) is 25.2 Å². The molecule has 0 unspecified atom stereocenters. The number of pyridine rings is 1. The van der Waals surface area contributed by atoms with Crippen molar-refractivity contribution in [1.29, 1.82) is 0 Å². The third-order valence-electron chi connectivity index (χ3n) is 5.13. The standard InChI is InChI=1S/C21H22N4O5S/c1-15-20(19(30-24-15)7-6-18-5-3-13-29-18)31(27,28)25-11-8-16(9-12-25)21(26)23-17-4-2-10-22-14-17/h2-7,10,13-14,16H,8-9,11-12H2,1H3,(H,23,26)/b7-6+. The normalized spacial score (nSPS) is 16.0. The van der Waals surface area contributed by atoms with Crippen molar-refractivity contribution >= 4 is 33.8 Å². The number of piperidine rings is 1. The number of aryl methyl sites for hydroxylation is 1. The molecule has 1 aliphatic rings. The van der Waals surface area contributed by atoms with Gasteiger partial charge in [-0.15, -0.1) is 0 Å². The number of amides is 1. The highest BCUT2D eigenvalue weighted by Crippen LogP contribution is 2.29. The molecule has 0 aliphatic carbocycles. The summed E-state index contributed by atoms with van der Waals surface area (Å²) in [6, 6.07) is 6.98. The minimum atomic E-state index is -3.83. The topological polar surface area (TPSA) is 119 Å². The number of sulfonamides is 1. The Morgan fingerprint density at radius 1 is 1.23 bits per heavy atom. The van der Waals surface area contributed by atoms with Gasteiger partial charge in [-0.1, -0.05) is 5.16 Å². The summed E-state index contributed by atoms with van der Waals surface area (Å²) in [6.45, 7) is 2.06. The highest BCUT2D eigenvalue weighted by atomic mass is 32.2. The van der Waals surface area contributed by atoms with Gasteiger partial charge in [0.05, 0.1) is 18.1 Å². The SMILES string of the molecule is Cc1noc(/C=C/c2ccco2)c1S(=O)(=O)N1CCC(C(=O)Nc2cccnc2)CC1. The summed E-state index contributed by atoms with van der Waals surface area (Å²) in [5.41, 5.74) is 0.908. The second kappa shape index (κ2) is 8.86. The van der Waals surface area contributed by atoms with Crippen LogP contribution >= 0.6 is 0 Å². The highest BCUT2D eigenvalue weighted by Gasteiger charge is 2.35. The largest absolute Gasteiger partial charge is 0.465 e. The van der Waals surface area contributed by atoms with E-state index in [9.17, 15) is 13.2 Å². The van der Waals surface area contributed by atoms with Crippen LogP contribution < -0.4 is 5.32 Å². The van der Waals surface area contributed by atoms with Crippen LogP contribution in [0.1, 0.15) is 30.1 Å². The molecule has 1 aliphatic heterocycles. The number of furan rings is 1. The van der Waals surface area contributed by atoms with Crippen molar-refractivity contribution in [2.45, 2.75) is 24.7 Å². The highest BCUT2D eigenvalue weighted by molar-refractivity contribution is 7.89. The monoisotopic (exact) mass is 442 g/mol. The number of nitrogens with zero attached hydrogens (tertiary/aromatic N) is 3. The van der Waals surface area contributed by atoms with Gasteiger partial charge >= 0.3 is 0 Å². The number of anilines is 1. The Morgan fingerprint density at radius 2 is 2.03 bits per heavy atom. The van der Waals surface area contributed by atoms with Crippen molar-refractivity contribution in [1.82, 2.24) is 14.4 Å². The number of carbonyl (C=O) groups is 1. The molecule has 9 nitrogen and oxygen atoms in total. The molecule has 0 saturated carbocycles. The minimum absolute atomic E-state index is 0.0357. The maximum atomic E-state index is 13.3. The third-order valence-corrected chi connectivity index (χ3v) is 7.18. The molecule has 0 radical (unpaired) electrons. The van der Waals surface area contributed by atoms with Gasteiger partial charge in [0.25, 0.3) is 0 Å². The summed E-state index contributed by atoms with van der Waals surface area (Å²) in [7, 11) is -3.83. The van der Waals surface area contributed by atoms with Crippen LogP contribution in [-0.4, -0.2) is 41.9 Å². The van der Waals surface area contributed by atoms with E-state index in [1.54, 1.807) is 49.7 Å². The lowest BCUT2D eigenvalue weighted by Gasteiger charge is -2.30. The lowest BCUT2D eigenvalue weighted by molar-refractivity contribution is -0.120. The zero-order chi connectivity index (χ0) is 21.8. The van der Waals surface area contributed by atoms with Crippen LogP contribution in [0.2, 0.25) is 0 Å². The lowest BCUT2D eigenvalue weighted by atomic mass is 9.97. The quantitative estimate of drug-likeness (QED) is 0.623. The van der Waals surface area contributed by atoms with E-state index in [2.05, 4.69) is 15.5 Å². The van der Waals surface area contributed by atoms with Crippen LogP contribution in [0.15, 0.2) is 56.8 Å². The number of carbonyl (C=O) groups excluding carboxylic acids is 1. The first-order valence-corrected chi connectivity index (χ1v) is 11.3. The molecule has 3 aromatic rings.